The fourth-order valence-electron chi connectivity index (χ4n) is 0. The van der Waals surface area contributed by atoms with Crippen LogP contribution >= 0.6 is 62.6 Å². The Balaban J connectivity index is -0.0000000263. The van der Waals surface area contributed by atoms with Crippen molar-refractivity contribution >= 4 is 115 Å². The first-order chi connectivity index (χ1) is 16.0. The van der Waals surface area contributed by atoms with E-state index in [2.05, 4.69) is 0 Å². The van der Waals surface area contributed by atoms with Crippen LogP contribution in [-0.2, 0) is 36.5 Å². The summed E-state index contributed by atoms with van der Waals surface area (Å²) in [5.41, 5.74) is 0. The predicted octanol–water partition coefficient (Wildman–Crippen LogP) is -11.6. The summed E-state index contributed by atoms with van der Waals surface area (Å²) in [5.74, 6) is 0. The molecule has 0 aliphatic carbocycles. The second kappa shape index (κ2) is 36.3. The van der Waals surface area contributed by atoms with Crippen molar-refractivity contribution in [2.24, 2.45) is 0 Å². The Labute approximate surface area is 296 Å². The monoisotopic (exact) mass is 888 g/mol. The summed E-state index contributed by atoms with van der Waals surface area (Å²) in [6, 6.07) is 0. The maximum Gasteiger partial charge on any atom is 3.00 e. The van der Waals surface area contributed by atoms with Crippen LogP contribution in [0.4, 0.5) is 0 Å². The van der Waals surface area contributed by atoms with E-state index in [4.69, 9.17) is 154 Å². The zero-order valence-corrected chi connectivity index (χ0v) is 32.9. The molecule has 44 heteroatoms. The van der Waals surface area contributed by atoms with E-state index in [0.717, 1.165) is 0 Å². The van der Waals surface area contributed by atoms with Gasteiger partial charge < -0.3 is 117 Å². The molecule has 0 aromatic heterocycles. The van der Waals surface area contributed by atoms with Crippen LogP contribution in [-0.4, -0.2) is 170 Å². The van der Waals surface area contributed by atoms with E-state index >= 15 is 0 Å². The minimum Gasteiger partial charge on any atom is -0.303 e. The Hall–Kier alpha value is 3.48. The van der Waals surface area contributed by atoms with Gasteiger partial charge in [0.25, 0.3) is 0 Å². The molecule has 0 unspecified atom stereocenters. The van der Waals surface area contributed by atoms with Gasteiger partial charge in [0.1, 0.15) is 0 Å². The summed E-state index contributed by atoms with van der Waals surface area (Å²) in [6.07, 6.45) is 0. The van der Waals surface area contributed by atoms with Crippen molar-refractivity contribution in [2.45, 2.75) is 0 Å². The van der Waals surface area contributed by atoms with E-state index in [1.165, 1.54) is 0 Å². The smallest absolute Gasteiger partial charge is 0.303 e. The summed E-state index contributed by atoms with van der Waals surface area (Å²) < 4.78 is 71.1. The average Bonchev–Trinajstić information content (AvgIpc) is 2.16. The molecular formula is H24Al3NaO32P8+10. The summed E-state index contributed by atoms with van der Waals surface area (Å²) in [6.45, 7) is 0. The fraction of sp³-hybridized carbons (Fsp3) is 0. The van der Waals surface area contributed by atoms with Gasteiger partial charge >= 0.3 is 144 Å². The van der Waals surface area contributed by atoms with Crippen LogP contribution in [0.2, 0.25) is 0 Å². The second-order valence-electron chi connectivity index (χ2n) is 4.11. The van der Waals surface area contributed by atoms with Gasteiger partial charge in [-0.1, -0.05) is 0 Å². The quantitative estimate of drug-likeness (QED) is 0.0793. The molecule has 0 aliphatic rings. The first-order valence-electron chi connectivity index (χ1n) is 6.26. The van der Waals surface area contributed by atoms with Crippen molar-refractivity contribution in [1.82, 2.24) is 0 Å². The van der Waals surface area contributed by atoms with Crippen molar-refractivity contribution in [2.75, 3.05) is 0 Å². The van der Waals surface area contributed by atoms with Gasteiger partial charge in [0, 0.05) is 0 Å². The normalized spacial score (nSPS) is 10.7. The molecule has 256 valence electrons. The summed E-state index contributed by atoms with van der Waals surface area (Å²) >= 11 is 0. The Kier molecular flexibility index (Phi) is 67.2. The van der Waals surface area contributed by atoms with Crippen LogP contribution in [0.3, 0.4) is 0 Å². The number of rotatable bonds is 0. The zero-order chi connectivity index (χ0) is 36.0. The topological polar surface area (TPSA) is 622 Å². The molecule has 0 saturated heterocycles. The predicted molar refractivity (Wildman–Crippen MR) is 131 cm³/mol. The summed E-state index contributed by atoms with van der Waals surface area (Å²) in [5, 5.41) is 0. The van der Waals surface area contributed by atoms with Gasteiger partial charge in [0.15, 0.2) is 0 Å². The van der Waals surface area contributed by atoms with Gasteiger partial charge in [0.2, 0.25) is 0 Å². The van der Waals surface area contributed by atoms with E-state index in [-0.39, 0.29) is 81.6 Å². The summed E-state index contributed by atoms with van der Waals surface area (Å²) in [4.78, 5) is 172. The number of phosphoric acid groups is 8. The molecule has 0 atom stereocenters. The Morgan fingerprint density at radius 3 is 0.182 bits per heavy atom. The third-order valence-electron chi connectivity index (χ3n) is 0. The Bertz CT molecular complexity index is 661. The van der Waals surface area contributed by atoms with Crippen LogP contribution in [0.25, 0.3) is 0 Å². The third-order valence-corrected chi connectivity index (χ3v) is 0. The van der Waals surface area contributed by atoms with Crippen molar-refractivity contribution in [1.29, 1.82) is 0 Å². The van der Waals surface area contributed by atoms with Gasteiger partial charge in [-0.25, -0.2) is 36.5 Å². The minimum absolute atomic E-state index is 0. The maximum absolute atomic E-state index is 8.88. The molecule has 0 saturated carbocycles. The van der Waals surface area contributed by atoms with Crippen LogP contribution in [0.5, 0.6) is 0 Å². The molecule has 0 spiro atoms. The molecule has 0 heterocycles. The molecule has 0 rings (SSSR count). The standard InChI is InChI=1S/3Al.Na.8H3O4P/c;;;;8*1-5(2,3)4/h;;;;8*(H3,1,2,3,4)/q3*+3;+1;;;;;;;;. The van der Waals surface area contributed by atoms with Crippen LogP contribution in [0.1, 0.15) is 0 Å². The third kappa shape index (κ3) is 7440. The van der Waals surface area contributed by atoms with Gasteiger partial charge in [-0.15, -0.1) is 0 Å². The molecule has 0 aromatic rings. The molecular weight excluding hydrogens is 864 g/mol. The average molecular weight is 888 g/mol. The van der Waals surface area contributed by atoms with Crippen molar-refractivity contribution < 1.29 is 184 Å². The molecule has 44 heavy (non-hydrogen) atoms. The van der Waals surface area contributed by atoms with Crippen molar-refractivity contribution in [3.8, 4) is 0 Å². The number of hydrogen-bond donors (Lipinski definition) is 24. The van der Waals surface area contributed by atoms with Gasteiger partial charge in [-0.05, 0) is 0 Å². The van der Waals surface area contributed by atoms with Gasteiger partial charge in [-0.3, -0.25) is 0 Å². The first kappa shape index (κ1) is 81.5. The number of hydrogen-bond acceptors (Lipinski definition) is 8. The van der Waals surface area contributed by atoms with Crippen LogP contribution in [0.15, 0.2) is 0 Å². The van der Waals surface area contributed by atoms with Gasteiger partial charge in [-0.2, -0.15) is 0 Å². The molecule has 0 bridgehead atoms. The maximum atomic E-state index is 8.88. The molecule has 32 nitrogen and oxygen atoms in total. The fourth-order valence-corrected chi connectivity index (χ4v) is 0. The van der Waals surface area contributed by atoms with E-state index in [1.807, 2.05) is 0 Å². The second-order valence-corrected chi connectivity index (χ2v) is 12.3. The van der Waals surface area contributed by atoms with E-state index in [9.17, 15) is 0 Å². The van der Waals surface area contributed by atoms with E-state index in [0.29, 0.717) is 0 Å². The summed E-state index contributed by atoms with van der Waals surface area (Å²) in [7, 11) is -37.1. The minimum atomic E-state index is -4.64. The molecule has 0 radical (unpaired) electrons. The zero-order valence-electron chi connectivity index (χ0n) is 20.3. The molecule has 24 N–H and O–H groups in total. The van der Waals surface area contributed by atoms with Crippen molar-refractivity contribution in [3.63, 3.8) is 0 Å². The molecule has 0 aromatic carbocycles. The Morgan fingerprint density at radius 1 is 0.182 bits per heavy atom. The van der Waals surface area contributed by atoms with Crippen LogP contribution < -0.4 is 29.6 Å². The van der Waals surface area contributed by atoms with E-state index < -0.39 is 62.6 Å². The SMILES string of the molecule is O=P(O)(O)O.O=P(O)(O)O.O=P(O)(O)O.O=P(O)(O)O.O=P(O)(O)O.O=P(O)(O)O.O=P(O)(O)O.O=P(O)(O)O.[Al+3].[Al+3].[Al+3].[Na+]. The van der Waals surface area contributed by atoms with Gasteiger partial charge in [0.05, 0.1) is 0 Å². The van der Waals surface area contributed by atoms with Crippen molar-refractivity contribution in [3.05, 3.63) is 0 Å². The van der Waals surface area contributed by atoms with E-state index in [1.54, 1.807) is 0 Å². The van der Waals surface area contributed by atoms with Crippen LogP contribution in [0, 0.1) is 0 Å². The largest absolute Gasteiger partial charge is 3.00 e. The molecule has 0 fully saturated rings. The molecule has 0 amide bonds. The molecule has 0 aliphatic heterocycles. The first-order valence-corrected chi connectivity index (χ1v) is 18.8. The Morgan fingerprint density at radius 2 is 0.182 bits per heavy atom.